The van der Waals surface area contributed by atoms with Crippen LogP contribution in [0.1, 0.15) is 12.5 Å². The van der Waals surface area contributed by atoms with Crippen molar-refractivity contribution >= 4 is 16.6 Å². The molecule has 0 aliphatic rings. The van der Waals surface area contributed by atoms with Gasteiger partial charge in [0.2, 0.25) is 0 Å². The molecule has 0 saturated carbocycles. The van der Waals surface area contributed by atoms with Gasteiger partial charge in [0.1, 0.15) is 17.3 Å². The molecule has 2 rings (SSSR count). The van der Waals surface area contributed by atoms with Crippen molar-refractivity contribution in [3.05, 3.63) is 30.0 Å². The minimum Gasteiger partial charge on any atom is -0.482 e. The van der Waals surface area contributed by atoms with E-state index in [2.05, 4.69) is 10.3 Å². The number of para-hydroxylation sites is 1. The Morgan fingerprint density at radius 1 is 1.38 bits per heavy atom. The van der Waals surface area contributed by atoms with Gasteiger partial charge in [-0.25, -0.2) is 0 Å². The SMILES string of the molecule is CCNc1c(C#N)cnc2c(OCC(F)(F)F)cccc12. The highest BCUT2D eigenvalue weighted by molar-refractivity contribution is 5.97. The van der Waals surface area contributed by atoms with Gasteiger partial charge in [-0.05, 0) is 13.0 Å². The molecule has 0 aliphatic heterocycles. The van der Waals surface area contributed by atoms with Gasteiger partial charge in [0.05, 0.1) is 11.3 Å². The van der Waals surface area contributed by atoms with Gasteiger partial charge in [0, 0.05) is 18.1 Å². The molecule has 0 amide bonds. The van der Waals surface area contributed by atoms with Crippen LogP contribution in [0.25, 0.3) is 10.9 Å². The second kappa shape index (κ2) is 5.87. The molecule has 21 heavy (non-hydrogen) atoms. The Morgan fingerprint density at radius 2 is 2.14 bits per heavy atom. The largest absolute Gasteiger partial charge is 0.482 e. The van der Waals surface area contributed by atoms with Gasteiger partial charge in [0.25, 0.3) is 0 Å². The monoisotopic (exact) mass is 295 g/mol. The summed E-state index contributed by atoms with van der Waals surface area (Å²) in [5.74, 6) is 0.0356. The molecule has 0 radical (unpaired) electrons. The first-order valence-electron chi connectivity index (χ1n) is 6.21. The predicted molar refractivity (Wildman–Crippen MR) is 72.2 cm³/mol. The van der Waals surface area contributed by atoms with E-state index in [1.165, 1.54) is 12.3 Å². The number of alkyl halides is 3. The zero-order valence-electron chi connectivity index (χ0n) is 11.2. The lowest BCUT2D eigenvalue weighted by molar-refractivity contribution is -0.153. The van der Waals surface area contributed by atoms with E-state index in [0.29, 0.717) is 23.2 Å². The van der Waals surface area contributed by atoms with E-state index in [1.807, 2.05) is 13.0 Å². The average Bonchev–Trinajstić information content (AvgIpc) is 2.44. The van der Waals surface area contributed by atoms with Crippen molar-refractivity contribution in [2.45, 2.75) is 13.1 Å². The molecule has 0 bridgehead atoms. The summed E-state index contributed by atoms with van der Waals surface area (Å²) in [6, 6.07) is 6.67. The van der Waals surface area contributed by atoms with E-state index in [0.717, 1.165) is 0 Å². The summed E-state index contributed by atoms with van der Waals surface area (Å²) < 4.78 is 41.6. The summed E-state index contributed by atoms with van der Waals surface area (Å²) in [4.78, 5) is 4.04. The highest BCUT2D eigenvalue weighted by atomic mass is 19.4. The van der Waals surface area contributed by atoms with Gasteiger partial charge in [-0.1, -0.05) is 12.1 Å². The lowest BCUT2D eigenvalue weighted by Crippen LogP contribution is -2.19. The predicted octanol–water partition coefficient (Wildman–Crippen LogP) is 3.48. The molecule has 1 aromatic carbocycles. The van der Waals surface area contributed by atoms with Crippen LogP contribution in [0, 0.1) is 11.3 Å². The zero-order valence-corrected chi connectivity index (χ0v) is 11.2. The number of aromatic nitrogens is 1. The molecule has 0 atom stereocenters. The highest BCUT2D eigenvalue weighted by Gasteiger charge is 2.28. The molecule has 110 valence electrons. The molecule has 0 unspecified atom stereocenters. The van der Waals surface area contributed by atoms with Crippen LogP contribution in [0.15, 0.2) is 24.4 Å². The van der Waals surface area contributed by atoms with Crippen molar-refractivity contribution in [1.29, 1.82) is 5.26 Å². The van der Waals surface area contributed by atoms with Crippen molar-refractivity contribution < 1.29 is 17.9 Å². The Balaban J connectivity index is 2.51. The van der Waals surface area contributed by atoms with Crippen molar-refractivity contribution in [3.63, 3.8) is 0 Å². The molecule has 1 N–H and O–H groups in total. The normalized spacial score (nSPS) is 11.2. The molecule has 7 heteroatoms. The summed E-state index contributed by atoms with van der Waals surface area (Å²) in [7, 11) is 0. The smallest absolute Gasteiger partial charge is 0.422 e. The Bertz CT molecular complexity index is 692. The van der Waals surface area contributed by atoms with Crippen molar-refractivity contribution in [2.24, 2.45) is 0 Å². The summed E-state index contributed by atoms with van der Waals surface area (Å²) in [6.45, 7) is 1.04. The number of hydrogen-bond donors (Lipinski definition) is 1. The standard InChI is InChI=1S/C14H12F3N3O/c1-2-19-12-9(6-18)7-20-13-10(12)4-3-5-11(13)21-8-14(15,16)17/h3-5,7H,2,8H2,1H3,(H,19,20). The lowest BCUT2D eigenvalue weighted by atomic mass is 10.1. The number of nitriles is 1. The molecule has 1 aromatic heterocycles. The fraction of sp³-hybridized carbons (Fsp3) is 0.286. The molecule has 0 fully saturated rings. The van der Waals surface area contributed by atoms with Gasteiger partial charge < -0.3 is 10.1 Å². The third-order valence-corrected chi connectivity index (χ3v) is 2.73. The Labute approximate surface area is 119 Å². The van der Waals surface area contributed by atoms with E-state index in [9.17, 15) is 13.2 Å². The van der Waals surface area contributed by atoms with Gasteiger partial charge >= 0.3 is 6.18 Å². The van der Waals surface area contributed by atoms with Crippen molar-refractivity contribution in [2.75, 3.05) is 18.5 Å². The first-order chi connectivity index (χ1) is 9.96. The quantitative estimate of drug-likeness (QED) is 0.938. The van der Waals surface area contributed by atoms with Crippen LogP contribution in [0.5, 0.6) is 5.75 Å². The maximum absolute atomic E-state index is 12.3. The van der Waals surface area contributed by atoms with E-state index >= 15 is 0 Å². The van der Waals surface area contributed by atoms with Crippen molar-refractivity contribution in [1.82, 2.24) is 4.98 Å². The molecule has 2 aromatic rings. The first kappa shape index (κ1) is 14.9. The summed E-state index contributed by atoms with van der Waals surface area (Å²) in [5, 5.41) is 12.7. The summed E-state index contributed by atoms with van der Waals surface area (Å²) >= 11 is 0. The topological polar surface area (TPSA) is 57.9 Å². The summed E-state index contributed by atoms with van der Waals surface area (Å²) in [6.07, 6.45) is -3.10. The molecule has 0 spiro atoms. The van der Waals surface area contributed by atoms with Crippen LogP contribution in [-0.4, -0.2) is 24.3 Å². The van der Waals surface area contributed by atoms with Crippen LogP contribution in [0.2, 0.25) is 0 Å². The Morgan fingerprint density at radius 3 is 2.76 bits per heavy atom. The number of halogens is 3. The van der Waals surface area contributed by atoms with Crippen LogP contribution in [0.4, 0.5) is 18.9 Å². The number of rotatable bonds is 4. The van der Waals surface area contributed by atoms with Crippen LogP contribution < -0.4 is 10.1 Å². The molecular weight excluding hydrogens is 283 g/mol. The van der Waals surface area contributed by atoms with E-state index in [1.54, 1.807) is 12.1 Å². The number of nitrogens with zero attached hydrogens (tertiary/aromatic N) is 2. The van der Waals surface area contributed by atoms with Crippen LogP contribution >= 0.6 is 0 Å². The minimum absolute atomic E-state index is 0.0356. The fourth-order valence-corrected chi connectivity index (χ4v) is 1.92. The first-order valence-corrected chi connectivity index (χ1v) is 6.21. The number of hydrogen-bond acceptors (Lipinski definition) is 4. The van der Waals surface area contributed by atoms with E-state index < -0.39 is 12.8 Å². The number of fused-ring (bicyclic) bond motifs is 1. The van der Waals surface area contributed by atoms with Crippen LogP contribution in [-0.2, 0) is 0 Å². The van der Waals surface area contributed by atoms with E-state index in [4.69, 9.17) is 10.00 Å². The van der Waals surface area contributed by atoms with Gasteiger partial charge in [-0.3, -0.25) is 4.98 Å². The number of pyridine rings is 1. The van der Waals surface area contributed by atoms with Crippen LogP contribution in [0.3, 0.4) is 0 Å². The lowest BCUT2D eigenvalue weighted by Gasteiger charge is -2.13. The molecular formula is C14H12F3N3O. The van der Waals surface area contributed by atoms with Gasteiger partial charge in [0.15, 0.2) is 6.61 Å². The number of anilines is 1. The third-order valence-electron chi connectivity index (χ3n) is 2.73. The average molecular weight is 295 g/mol. The molecule has 4 nitrogen and oxygen atoms in total. The molecule has 1 heterocycles. The molecule has 0 saturated heterocycles. The zero-order chi connectivity index (χ0) is 15.5. The summed E-state index contributed by atoms with van der Waals surface area (Å²) in [5.41, 5.74) is 1.16. The third kappa shape index (κ3) is 3.34. The van der Waals surface area contributed by atoms with E-state index in [-0.39, 0.29) is 11.3 Å². The maximum atomic E-state index is 12.3. The second-order valence-corrected chi connectivity index (χ2v) is 4.25. The number of ether oxygens (including phenoxy) is 1. The number of nitrogens with one attached hydrogen (secondary N) is 1. The Hall–Kier alpha value is -2.49. The molecule has 0 aliphatic carbocycles. The number of benzene rings is 1. The second-order valence-electron chi connectivity index (χ2n) is 4.25. The van der Waals surface area contributed by atoms with Crippen molar-refractivity contribution in [3.8, 4) is 11.8 Å². The minimum atomic E-state index is -4.42. The maximum Gasteiger partial charge on any atom is 0.422 e. The fourth-order valence-electron chi connectivity index (χ4n) is 1.92. The van der Waals surface area contributed by atoms with Gasteiger partial charge in [-0.15, -0.1) is 0 Å². The van der Waals surface area contributed by atoms with Gasteiger partial charge in [-0.2, -0.15) is 18.4 Å². The highest BCUT2D eigenvalue weighted by Crippen LogP contribution is 2.32. The Kier molecular flexibility index (Phi) is 4.17.